The first kappa shape index (κ1) is 21.9. The average Bonchev–Trinajstić information content (AvgIpc) is 2.78. The summed E-state index contributed by atoms with van der Waals surface area (Å²) in [6, 6.07) is 19.4. The van der Waals surface area contributed by atoms with E-state index < -0.39 is 6.03 Å². The second kappa shape index (κ2) is 9.47. The molecule has 0 bridgehead atoms. The minimum absolute atomic E-state index is 0.0676. The highest BCUT2D eigenvalue weighted by atomic mass is 35.5. The fourth-order valence-electron chi connectivity index (χ4n) is 3.39. The van der Waals surface area contributed by atoms with Gasteiger partial charge in [-0.05, 0) is 42.8 Å². The molecule has 4 aromatic rings. The molecular formula is C25H20Cl2N2O3. The predicted molar refractivity (Wildman–Crippen MR) is 128 cm³/mol. The third kappa shape index (κ3) is 4.96. The Labute approximate surface area is 195 Å². The number of nitrogens with zero attached hydrogens (tertiary/aromatic N) is 1. The van der Waals surface area contributed by atoms with E-state index in [1.807, 2.05) is 43.3 Å². The van der Waals surface area contributed by atoms with Crippen LogP contribution in [0.5, 0.6) is 0 Å². The normalized spacial score (nSPS) is 10.8. The summed E-state index contributed by atoms with van der Waals surface area (Å²) in [5, 5.41) is 4.09. The summed E-state index contributed by atoms with van der Waals surface area (Å²) in [6.07, 6.45) is 1.42. The lowest BCUT2D eigenvalue weighted by atomic mass is 10.1. The van der Waals surface area contributed by atoms with E-state index in [0.717, 1.165) is 11.1 Å². The van der Waals surface area contributed by atoms with Crippen LogP contribution in [0.15, 0.2) is 82.2 Å². The number of anilines is 1. The zero-order valence-electron chi connectivity index (χ0n) is 17.3. The van der Waals surface area contributed by atoms with Crippen molar-refractivity contribution in [1.82, 2.24) is 4.90 Å². The maximum absolute atomic E-state index is 13.2. The summed E-state index contributed by atoms with van der Waals surface area (Å²) in [5.41, 5.74) is 3.04. The van der Waals surface area contributed by atoms with Crippen molar-refractivity contribution < 1.29 is 9.21 Å². The zero-order valence-corrected chi connectivity index (χ0v) is 18.8. The number of urea groups is 1. The first-order valence-corrected chi connectivity index (χ1v) is 10.7. The lowest BCUT2D eigenvalue weighted by molar-refractivity contribution is 0.206. The van der Waals surface area contributed by atoms with Gasteiger partial charge in [-0.15, -0.1) is 0 Å². The molecule has 0 aliphatic heterocycles. The molecule has 1 N–H and O–H groups in total. The number of nitrogens with one attached hydrogen (secondary N) is 1. The van der Waals surface area contributed by atoms with Gasteiger partial charge >= 0.3 is 6.03 Å². The van der Waals surface area contributed by atoms with Gasteiger partial charge in [0.1, 0.15) is 5.58 Å². The molecule has 7 heteroatoms. The van der Waals surface area contributed by atoms with Gasteiger partial charge in [0.25, 0.3) is 0 Å². The van der Waals surface area contributed by atoms with Gasteiger partial charge in [-0.2, -0.15) is 0 Å². The van der Waals surface area contributed by atoms with E-state index in [-0.39, 0.29) is 12.0 Å². The molecule has 0 radical (unpaired) electrons. The highest BCUT2D eigenvalue weighted by Gasteiger charge is 2.19. The summed E-state index contributed by atoms with van der Waals surface area (Å²) < 4.78 is 5.67. The van der Waals surface area contributed by atoms with Gasteiger partial charge in [0.15, 0.2) is 5.43 Å². The Bertz CT molecular complexity index is 1340. The van der Waals surface area contributed by atoms with Crippen molar-refractivity contribution in [2.24, 2.45) is 0 Å². The van der Waals surface area contributed by atoms with Crippen molar-refractivity contribution in [3.63, 3.8) is 0 Å². The molecule has 0 fully saturated rings. The van der Waals surface area contributed by atoms with E-state index in [4.69, 9.17) is 27.6 Å². The number of hydrogen-bond acceptors (Lipinski definition) is 3. The number of carbonyl (C=O) groups is 1. The molecule has 3 aromatic carbocycles. The molecule has 0 aliphatic rings. The van der Waals surface area contributed by atoms with Crippen LogP contribution < -0.4 is 10.7 Å². The third-order valence-corrected chi connectivity index (χ3v) is 5.58. The van der Waals surface area contributed by atoms with E-state index in [0.29, 0.717) is 38.8 Å². The summed E-state index contributed by atoms with van der Waals surface area (Å²) >= 11 is 12.2. The van der Waals surface area contributed by atoms with E-state index in [1.54, 1.807) is 30.3 Å². The van der Waals surface area contributed by atoms with Crippen LogP contribution in [0.2, 0.25) is 10.0 Å². The van der Waals surface area contributed by atoms with Gasteiger partial charge in [-0.1, -0.05) is 65.2 Å². The molecule has 162 valence electrons. The molecule has 0 aliphatic carbocycles. The van der Waals surface area contributed by atoms with Crippen LogP contribution >= 0.6 is 23.2 Å². The molecular weight excluding hydrogens is 447 g/mol. The van der Waals surface area contributed by atoms with Gasteiger partial charge in [0, 0.05) is 11.6 Å². The second-order valence-electron chi connectivity index (χ2n) is 7.49. The van der Waals surface area contributed by atoms with Crippen LogP contribution in [-0.2, 0) is 13.1 Å². The molecule has 0 saturated heterocycles. The van der Waals surface area contributed by atoms with E-state index >= 15 is 0 Å². The monoisotopic (exact) mass is 466 g/mol. The van der Waals surface area contributed by atoms with Crippen molar-refractivity contribution in [1.29, 1.82) is 0 Å². The molecule has 2 amide bonds. The molecule has 0 unspecified atom stereocenters. The van der Waals surface area contributed by atoms with Crippen LogP contribution in [0.25, 0.3) is 11.0 Å². The number of benzene rings is 3. The highest BCUT2D eigenvalue weighted by Crippen LogP contribution is 2.26. The summed E-state index contributed by atoms with van der Waals surface area (Å²) in [6.45, 7) is 2.28. The van der Waals surface area contributed by atoms with Crippen molar-refractivity contribution >= 4 is 45.9 Å². The minimum atomic E-state index is -0.401. The summed E-state index contributed by atoms with van der Waals surface area (Å²) in [5.74, 6) is 0. The first-order chi connectivity index (χ1) is 15.4. The number of amides is 2. The van der Waals surface area contributed by atoms with Crippen LogP contribution in [0.4, 0.5) is 10.5 Å². The fourth-order valence-corrected chi connectivity index (χ4v) is 3.84. The average molecular weight is 467 g/mol. The molecule has 1 heterocycles. The number of aryl methyl sites for hydroxylation is 1. The standard InChI is InChI=1S/C25H20Cl2N2O3/c1-16-7-10-23-20(11-16)24(30)18(15-32-23)14-29(13-17-5-3-2-4-6-17)25(31)28-22-9-8-19(26)12-21(22)27/h2-12,15H,13-14H2,1H3,(H,28,31). The minimum Gasteiger partial charge on any atom is -0.464 e. The van der Waals surface area contributed by atoms with Gasteiger partial charge in [-0.25, -0.2) is 4.79 Å². The molecule has 4 rings (SSSR count). The molecule has 0 spiro atoms. The van der Waals surface area contributed by atoms with E-state index in [1.165, 1.54) is 11.2 Å². The lowest BCUT2D eigenvalue weighted by Crippen LogP contribution is -2.35. The Hall–Kier alpha value is -3.28. The fraction of sp³-hybridized carbons (Fsp3) is 0.120. The lowest BCUT2D eigenvalue weighted by Gasteiger charge is -2.23. The van der Waals surface area contributed by atoms with Crippen molar-refractivity contribution in [3.05, 3.63) is 110 Å². The zero-order chi connectivity index (χ0) is 22.7. The van der Waals surface area contributed by atoms with E-state index in [2.05, 4.69) is 5.32 Å². The number of rotatable bonds is 5. The number of carbonyl (C=O) groups excluding carboxylic acids is 1. The van der Waals surface area contributed by atoms with Gasteiger partial charge < -0.3 is 14.6 Å². The van der Waals surface area contributed by atoms with Crippen LogP contribution in [-0.4, -0.2) is 10.9 Å². The molecule has 0 saturated carbocycles. The quantitative estimate of drug-likeness (QED) is 0.358. The van der Waals surface area contributed by atoms with Gasteiger partial charge in [-0.3, -0.25) is 4.79 Å². The Morgan fingerprint density at radius 1 is 1.00 bits per heavy atom. The van der Waals surface area contributed by atoms with Gasteiger partial charge in [0.05, 0.1) is 34.5 Å². The maximum Gasteiger partial charge on any atom is 0.322 e. The van der Waals surface area contributed by atoms with Crippen molar-refractivity contribution in [2.45, 2.75) is 20.0 Å². The second-order valence-corrected chi connectivity index (χ2v) is 8.33. The summed E-state index contributed by atoms with van der Waals surface area (Å²) in [4.78, 5) is 27.8. The maximum atomic E-state index is 13.2. The Morgan fingerprint density at radius 3 is 2.53 bits per heavy atom. The number of halogens is 2. The molecule has 1 aromatic heterocycles. The topological polar surface area (TPSA) is 62.6 Å². The molecule has 5 nitrogen and oxygen atoms in total. The molecule has 0 atom stereocenters. The highest BCUT2D eigenvalue weighted by molar-refractivity contribution is 6.36. The third-order valence-electron chi connectivity index (χ3n) is 5.04. The van der Waals surface area contributed by atoms with Crippen molar-refractivity contribution in [2.75, 3.05) is 5.32 Å². The van der Waals surface area contributed by atoms with Crippen LogP contribution in [0.3, 0.4) is 0 Å². The molecule has 32 heavy (non-hydrogen) atoms. The van der Waals surface area contributed by atoms with Crippen molar-refractivity contribution in [3.8, 4) is 0 Å². The van der Waals surface area contributed by atoms with E-state index in [9.17, 15) is 9.59 Å². The number of fused-ring (bicyclic) bond motifs is 1. The Morgan fingerprint density at radius 2 is 1.78 bits per heavy atom. The van der Waals surface area contributed by atoms with Crippen LogP contribution in [0.1, 0.15) is 16.7 Å². The Balaban J connectivity index is 1.66. The van der Waals surface area contributed by atoms with Crippen LogP contribution in [0, 0.1) is 6.92 Å². The smallest absolute Gasteiger partial charge is 0.322 e. The summed E-state index contributed by atoms with van der Waals surface area (Å²) in [7, 11) is 0. The van der Waals surface area contributed by atoms with Gasteiger partial charge in [0.2, 0.25) is 0 Å². The SMILES string of the molecule is Cc1ccc2occ(CN(Cc3ccccc3)C(=O)Nc3ccc(Cl)cc3Cl)c(=O)c2c1. The number of hydrogen-bond donors (Lipinski definition) is 1. The largest absolute Gasteiger partial charge is 0.464 e. The Kier molecular flexibility index (Phi) is 6.49. The first-order valence-electron chi connectivity index (χ1n) is 9.96. The predicted octanol–water partition coefficient (Wildman–Crippen LogP) is 6.64.